The predicted octanol–water partition coefficient (Wildman–Crippen LogP) is 3.46. The molecule has 0 radical (unpaired) electrons. The van der Waals surface area contributed by atoms with E-state index in [1.807, 2.05) is 6.07 Å². The van der Waals surface area contributed by atoms with Crippen LogP contribution in [0, 0.1) is 0 Å². The van der Waals surface area contributed by atoms with Gasteiger partial charge in [-0.2, -0.15) is 0 Å². The highest BCUT2D eigenvalue weighted by Gasteiger charge is 2.20. The highest BCUT2D eigenvalue weighted by atomic mass is 79.9. The highest BCUT2D eigenvalue weighted by molar-refractivity contribution is 9.10. The van der Waals surface area contributed by atoms with Crippen LogP contribution in [0.5, 0.6) is 0 Å². The van der Waals surface area contributed by atoms with E-state index < -0.39 is 0 Å². The maximum atomic E-state index is 5.79. The molecule has 4 heteroatoms. The molecule has 1 aromatic heterocycles. The molecule has 1 heterocycles. The Morgan fingerprint density at radius 2 is 2.13 bits per heavy atom. The second kappa shape index (κ2) is 3.29. The smallest absolute Gasteiger partial charge is 0.222 e. The van der Waals surface area contributed by atoms with Gasteiger partial charge in [0.1, 0.15) is 0 Å². The van der Waals surface area contributed by atoms with Gasteiger partial charge in [-0.3, -0.25) is 0 Å². The molecule has 0 bridgehead atoms. The van der Waals surface area contributed by atoms with E-state index in [2.05, 4.69) is 38.0 Å². The summed E-state index contributed by atoms with van der Waals surface area (Å²) in [5, 5.41) is 0.310. The Balaban J connectivity index is 2.26. The summed E-state index contributed by atoms with van der Waals surface area (Å²) in [7, 11) is 0. The number of benzene rings is 1. The van der Waals surface area contributed by atoms with E-state index >= 15 is 0 Å². The summed E-state index contributed by atoms with van der Waals surface area (Å²) in [6, 6.07) is 6.20. The van der Waals surface area contributed by atoms with Gasteiger partial charge in [0.25, 0.3) is 0 Å². The molecule has 0 aliphatic heterocycles. The molecular formula is C11H6BrClN2. The fourth-order valence-electron chi connectivity index (χ4n) is 1.89. The predicted molar refractivity (Wildman–Crippen MR) is 63.0 cm³/mol. The number of halogens is 2. The van der Waals surface area contributed by atoms with E-state index in [9.17, 15) is 0 Å². The molecule has 74 valence electrons. The monoisotopic (exact) mass is 280 g/mol. The number of fused-ring (bicyclic) bond motifs is 3. The van der Waals surface area contributed by atoms with Gasteiger partial charge in [0.15, 0.2) is 0 Å². The first kappa shape index (κ1) is 9.31. The van der Waals surface area contributed by atoms with Gasteiger partial charge in [-0.15, -0.1) is 0 Å². The summed E-state index contributed by atoms with van der Waals surface area (Å²) in [5.41, 5.74) is 4.55. The molecule has 15 heavy (non-hydrogen) atoms. The van der Waals surface area contributed by atoms with E-state index in [1.54, 1.807) is 6.20 Å². The molecule has 2 nitrogen and oxygen atoms in total. The maximum absolute atomic E-state index is 5.79. The lowest BCUT2D eigenvalue weighted by Gasteiger charge is -1.99. The lowest BCUT2D eigenvalue weighted by molar-refractivity contribution is 1.12. The SMILES string of the molecule is Clc1ncc2c(n1)-c1ccc(Br)cc1C2. The first-order chi connectivity index (χ1) is 7.24. The van der Waals surface area contributed by atoms with Crippen LogP contribution < -0.4 is 0 Å². The van der Waals surface area contributed by atoms with Crippen molar-refractivity contribution >= 4 is 27.5 Å². The van der Waals surface area contributed by atoms with Crippen LogP contribution in [0.1, 0.15) is 11.1 Å². The average molecular weight is 282 g/mol. The number of rotatable bonds is 0. The van der Waals surface area contributed by atoms with Crippen molar-refractivity contribution in [2.75, 3.05) is 0 Å². The molecule has 2 aromatic rings. The second-order valence-corrected chi connectivity index (χ2v) is 4.74. The molecular weight excluding hydrogens is 275 g/mol. The molecule has 0 atom stereocenters. The minimum absolute atomic E-state index is 0.310. The highest BCUT2D eigenvalue weighted by Crippen LogP contribution is 2.36. The molecule has 0 spiro atoms. The quantitative estimate of drug-likeness (QED) is 0.590. The summed E-state index contributed by atoms with van der Waals surface area (Å²) < 4.78 is 1.09. The lowest BCUT2D eigenvalue weighted by atomic mass is 10.1. The molecule has 0 fully saturated rings. The zero-order chi connectivity index (χ0) is 10.4. The molecule has 3 rings (SSSR count). The van der Waals surface area contributed by atoms with Gasteiger partial charge < -0.3 is 0 Å². The molecule has 1 aliphatic rings. The largest absolute Gasteiger partial charge is 0.226 e. The van der Waals surface area contributed by atoms with Gasteiger partial charge in [-0.1, -0.05) is 22.0 Å². The van der Waals surface area contributed by atoms with Gasteiger partial charge in [-0.25, -0.2) is 9.97 Å². The lowest BCUT2D eigenvalue weighted by Crippen LogP contribution is -1.88. The minimum Gasteiger partial charge on any atom is -0.226 e. The maximum Gasteiger partial charge on any atom is 0.222 e. The first-order valence-electron chi connectivity index (χ1n) is 4.54. The third-order valence-corrected chi connectivity index (χ3v) is 3.21. The van der Waals surface area contributed by atoms with Crippen molar-refractivity contribution in [3.05, 3.63) is 45.3 Å². The van der Waals surface area contributed by atoms with Crippen LogP contribution in [0.3, 0.4) is 0 Å². The summed E-state index contributed by atoms with van der Waals surface area (Å²) in [6.45, 7) is 0. The Morgan fingerprint density at radius 3 is 3.00 bits per heavy atom. The number of aromatic nitrogens is 2. The summed E-state index contributed by atoms with van der Waals surface area (Å²) in [4.78, 5) is 8.26. The minimum atomic E-state index is 0.310. The Morgan fingerprint density at radius 1 is 1.27 bits per heavy atom. The molecule has 0 unspecified atom stereocenters. The topological polar surface area (TPSA) is 25.8 Å². The summed E-state index contributed by atoms with van der Waals surface area (Å²) >= 11 is 9.25. The van der Waals surface area contributed by atoms with Crippen molar-refractivity contribution in [3.8, 4) is 11.3 Å². The van der Waals surface area contributed by atoms with Crippen molar-refractivity contribution < 1.29 is 0 Å². The third kappa shape index (κ3) is 1.46. The van der Waals surface area contributed by atoms with Crippen LogP contribution in [0.2, 0.25) is 5.28 Å². The van der Waals surface area contributed by atoms with Gasteiger partial charge in [-0.05, 0) is 29.3 Å². The normalized spacial score (nSPS) is 12.4. The number of hydrogen-bond acceptors (Lipinski definition) is 2. The van der Waals surface area contributed by atoms with E-state index in [-0.39, 0.29) is 0 Å². The Kier molecular flexibility index (Phi) is 2.04. The average Bonchev–Trinajstić information content (AvgIpc) is 2.54. The van der Waals surface area contributed by atoms with Gasteiger partial charge in [0.2, 0.25) is 5.28 Å². The molecule has 0 saturated carbocycles. The van der Waals surface area contributed by atoms with Crippen LogP contribution in [0.15, 0.2) is 28.9 Å². The van der Waals surface area contributed by atoms with Crippen LogP contribution >= 0.6 is 27.5 Å². The van der Waals surface area contributed by atoms with E-state index in [0.717, 1.165) is 27.7 Å². The summed E-state index contributed by atoms with van der Waals surface area (Å²) in [5.74, 6) is 0. The standard InChI is InChI=1S/C11H6BrClN2/c12-8-1-2-9-6(4-8)3-7-5-14-11(13)15-10(7)9/h1-2,4-5H,3H2. The van der Waals surface area contributed by atoms with Crippen molar-refractivity contribution in [1.82, 2.24) is 9.97 Å². The van der Waals surface area contributed by atoms with Crippen molar-refractivity contribution in [1.29, 1.82) is 0 Å². The van der Waals surface area contributed by atoms with Crippen LogP contribution in [-0.4, -0.2) is 9.97 Å². The zero-order valence-electron chi connectivity index (χ0n) is 7.67. The van der Waals surface area contributed by atoms with E-state index in [1.165, 1.54) is 5.56 Å². The third-order valence-electron chi connectivity index (χ3n) is 2.54. The van der Waals surface area contributed by atoms with E-state index in [4.69, 9.17) is 11.6 Å². The number of nitrogens with zero attached hydrogens (tertiary/aromatic N) is 2. The molecule has 0 N–H and O–H groups in total. The Labute approximate surface area is 100 Å². The van der Waals surface area contributed by atoms with Crippen molar-refractivity contribution in [2.45, 2.75) is 6.42 Å². The Bertz CT molecular complexity index is 554. The van der Waals surface area contributed by atoms with E-state index in [0.29, 0.717) is 5.28 Å². The summed E-state index contributed by atoms with van der Waals surface area (Å²) in [6.07, 6.45) is 2.69. The van der Waals surface area contributed by atoms with Gasteiger partial charge in [0.05, 0.1) is 5.69 Å². The molecule has 0 amide bonds. The first-order valence-corrected chi connectivity index (χ1v) is 5.71. The fourth-order valence-corrected chi connectivity index (χ4v) is 2.43. The Hall–Kier alpha value is -0.930. The van der Waals surface area contributed by atoms with Crippen LogP contribution in [0.25, 0.3) is 11.3 Å². The van der Waals surface area contributed by atoms with Gasteiger partial charge >= 0.3 is 0 Å². The van der Waals surface area contributed by atoms with Crippen molar-refractivity contribution in [2.24, 2.45) is 0 Å². The van der Waals surface area contributed by atoms with Crippen LogP contribution in [0.4, 0.5) is 0 Å². The van der Waals surface area contributed by atoms with Crippen molar-refractivity contribution in [3.63, 3.8) is 0 Å². The van der Waals surface area contributed by atoms with Gasteiger partial charge in [0, 0.05) is 28.2 Å². The molecule has 1 aliphatic carbocycles. The number of hydrogen-bond donors (Lipinski definition) is 0. The second-order valence-electron chi connectivity index (χ2n) is 3.49. The molecule has 0 saturated heterocycles. The fraction of sp³-hybridized carbons (Fsp3) is 0.0909. The van der Waals surface area contributed by atoms with Crippen LogP contribution in [-0.2, 0) is 6.42 Å². The zero-order valence-corrected chi connectivity index (χ0v) is 10.0. The molecule has 1 aromatic carbocycles.